The van der Waals surface area contributed by atoms with Gasteiger partial charge in [0.1, 0.15) is 16.4 Å². The molecule has 0 heterocycles. The first kappa shape index (κ1) is 15.4. The number of hydrogen-bond acceptors (Lipinski definition) is 4. The Balaban J connectivity index is 2.28. The van der Waals surface area contributed by atoms with E-state index in [1.165, 1.54) is 12.1 Å². The van der Waals surface area contributed by atoms with Crippen molar-refractivity contribution in [3.63, 3.8) is 0 Å². The maximum Gasteiger partial charge on any atom is 0.339 e. The van der Waals surface area contributed by atoms with Crippen LogP contribution in [0.5, 0.6) is 11.5 Å². The molecule has 2 aromatic carbocycles. The van der Waals surface area contributed by atoms with Gasteiger partial charge in [-0.15, -0.1) is 0 Å². The van der Waals surface area contributed by atoms with Crippen molar-refractivity contribution in [2.45, 2.75) is 31.8 Å². The summed E-state index contributed by atoms with van der Waals surface area (Å²) in [6, 6.07) is 13.0. The lowest BCUT2D eigenvalue weighted by molar-refractivity contribution is 0.240. The van der Waals surface area contributed by atoms with Gasteiger partial charge in [0.25, 0.3) is 0 Å². The van der Waals surface area contributed by atoms with Crippen LogP contribution in [-0.2, 0) is 10.1 Å². The van der Waals surface area contributed by atoms with E-state index in [1.54, 1.807) is 36.4 Å². The van der Waals surface area contributed by atoms with E-state index in [-0.39, 0.29) is 16.7 Å². The first-order valence-corrected chi connectivity index (χ1v) is 8.06. The van der Waals surface area contributed by atoms with E-state index in [0.29, 0.717) is 5.75 Å². The third-order valence-corrected chi connectivity index (χ3v) is 4.02. The van der Waals surface area contributed by atoms with Crippen molar-refractivity contribution < 1.29 is 17.3 Å². The SMILES string of the molecule is Cc1ccc(OS(=O)(=O)c2ccccc2)cc1OC(C)C. The Hall–Kier alpha value is -2.01. The fraction of sp³-hybridized carbons (Fsp3) is 0.250. The zero-order valence-electron chi connectivity index (χ0n) is 12.2. The molecule has 0 atom stereocenters. The van der Waals surface area contributed by atoms with Gasteiger partial charge in [0, 0.05) is 6.07 Å². The molecule has 0 aliphatic heterocycles. The lowest BCUT2D eigenvalue weighted by Crippen LogP contribution is -2.10. The molecule has 2 aromatic rings. The van der Waals surface area contributed by atoms with Gasteiger partial charge in [-0.2, -0.15) is 8.42 Å². The molecule has 0 bridgehead atoms. The van der Waals surface area contributed by atoms with Crippen molar-refractivity contribution in [1.29, 1.82) is 0 Å². The summed E-state index contributed by atoms with van der Waals surface area (Å²) in [6.07, 6.45) is 0.00433. The molecule has 0 aliphatic rings. The average Bonchev–Trinajstić information content (AvgIpc) is 2.43. The van der Waals surface area contributed by atoms with Crippen molar-refractivity contribution in [3.05, 3.63) is 54.1 Å². The second kappa shape index (κ2) is 6.18. The fourth-order valence-electron chi connectivity index (χ4n) is 1.78. The van der Waals surface area contributed by atoms with Crippen LogP contribution >= 0.6 is 0 Å². The molecule has 0 saturated heterocycles. The smallest absolute Gasteiger partial charge is 0.339 e. The Morgan fingerprint density at radius 2 is 1.67 bits per heavy atom. The van der Waals surface area contributed by atoms with Gasteiger partial charge < -0.3 is 8.92 Å². The first-order valence-electron chi connectivity index (χ1n) is 6.65. The van der Waals surface area contributed by atoms with Gasteiger partial charge in [-0.05, 0) is 44.5 Å². The maximum atomic E-state index is 12.2. The van der Waals surface area contributed by atoms with Crippen LogP contribution in [0.25, 0.3) is 0 Å². The van der Waals surface area contributed by atoms with Crippen molar-refractivity contribution >= 4 is 10.1 Å². The van der Waals surface area contributed by atoms with Gasteiger partial charge in [0.2, 0.25) is 0 Å². The standard InChI is InChI=1S/C16H18O4S/c1-12(2)19-16-11-14(10-9-13(16)3)20-21(17,18)15-7-5-4-6-8-15/h4-12H,1-3H3. The highest BCUT2D eigenvalue weighted by Gasteiger charge is 2.17. The van der Waals surface area contributed by atoms with E-state index in [9.17, 15) is 8.42 Å². The zero-order chi connectivity index (χ0) is 15.5. The van der Waals surface area contributed by atoms with E-state index >= 15 is 0 Å². The molecule has 0 radical (unpaired) electrons. The summed E-state index contributed by atoms with van der Waals surface area (Å²) in [5.74, 6) is 0.853. The van der Waals surface area contributed by atoms with Crippen LogP contribution in [0.4, 0.5) is 0 Å². The number of hydrogen-bond donors (Lipinski definition) is 0. The normalized spacial score (nSPS) is 11.4. The molecular weight excluding hydrogens is 288 g/mol. The van der Waals surface area contributed by atoms with Gasteiger partial charge in [-0.3, -0.25) is 0 Å². The Labute approximate surface area is 125 Å². The molecule has 0 saturated carbocycles. The Morgan fingerprint density at radius 3 is 2.29 bits per heavy atom. The quantitative estimate of drug-likeness (QED) is 0.793. The molecule has 0 N–H and O–H groups in total. The predicted molar refractivity (Wildman–Crippen MR) is 81.2 cm³/mol. The number of benzene rings is 2. The average molecular weight is 306 g/mol. The monoisotopic (exact) mass is 306 g/mol. The van der Waals surface area contributed by atoms with Crippen molar-refractivity contribution in [3.8, 4) is 11.5 Å². The minimum atomic E-state index is -3.83. The van der Waals surface area contributed by atoms with E-state index in [0.717, 1.165) is 5.56 Å². The summed E-state index contributed by atoms with van der Waals surface area (Å²) in [7, 11) is -3.83. The van der Waals surface area contributed by atoms with Crippen LogP contribution in [0.1, 0.15) is 19.4 Å². The molecule has 5 heteroatoms. The molecule has 0 aliphatic carbocycles. The van der Waals surface area contributed by atoms with E-state index < -0.39 is 10.1 Å². The Bertz CT molecular complexity index is 706. The van der Waals surface area contributed by atoms with Gasteiger partial charge in [0.15, 0.2) is 0 Å². The van der Waals surface area contributed by atoms with E-state index in [1.807, 2.05) is 20.8 Å². The van der Waals surface area contributed by atoms with Crippen LogP contribution < -0.4 is 8.92 Å². The molecular formula is C16H18O4S. The second-order valence-electron chi connectivity index (χ2n) is 4.94. The summed E-state index contributed by atoms with van der Waals surface area (Å²) in [4.78, 5) is 0.122. The Morgan fingerprint density at radius 1 is 1.00 bits per heavy atom. The minimum Gasteiger partial charge on any atom is -0.491 e. The lowest BCUT2D eigenvalue weighted by Gasteiger charge is -2.14. The van der Waals surface area contributed by atoms with Crippen LogP contribution in [0, 0.1) is 6.92 Å². The van der Waals surface area contributed by atoms with Crippen molar-refractivity contribution in [2.24, 2.45) is 0 Å². The summed E-state index contributed by atoms with van der Waals surface area (Å²) in [6.45, 7) is 5.72. The van der Waals surface area contributed by atoms with E-state index in [4.69, 9.17) is 8.92 Å². The van der Waals surface area contributed by atoms with Crippen molar-refractivity contribution in [2.75, 3.05) is 0 Å². The predicted octanol–water partition coefficient (Wildman–Crippen LogP) is 3.55. The third kappa shape index (κ3) is 3.98. The highest BCUT2D eigenvalue weighted by atomic mass is 32.2. The van der Waals surface area contributed by atoms with Gasteiger partial charge >= 0.3 is 10.1 Å². The summed E-state index contributed by atoms with van der Waals surface area (Å²) < 4.78 is 35.1. The van der Waals surface area contributed by atoms with E-state index in [2.05, 4.69) is 0 Å². The van der Waals surface area contributed by atoms with Gasteiger partial charge in [0.05, 0.1) is 6.10 Å². The Kier molecular flexibility index (Phi) is 4.53. The molecule has 0 amide bonds. The minimum absolute atomic E-state index is 0.00433. The zero-order valence-corrected chi connectivity index (χ0v) is 13.1. The number of aryl methyl sites for hydroxylation is 1. The number of ether oxygens (including phenoxy) is 1. The highest BCUT2D eigenvalue weighted by Crippen LogP contribution is 2.27. The second-order valence-corrected chi connectivity index (χ2v) is 6.49. The summed E-state index contributed by atoms with van der Waals surface area (Å²) in [5.41, 5.74) is 0.924. The topological polar surface area (TPSA) is 52.6 Å². The lowest BCUT2D eigenvalue weighted by atomic mass is 10.2. The molecule has 2 rings (SSSR count). The van der Waals surface area contributed by atoms with Crippen LogP contribution in [-0.4, -0.2) is 14.5 Å². The molecule has 0 spiro atoms. The van der Waals surface area contributed by atoms with Crippen LogP contribution in [0.3, 0.4) is 0 Å². The molecule has 112 valence electrons. The fourth-order valence-corrected chi connectivity index (χ4v) is 2.72. The first-order chi connectivity index (χ1) is 9.88. The summed E-state index contributed by atoms with van der Waals surface area (Å²) in [5, 5.41) is 0. The van der Waals surface area contributed by atoms with Gasteiger partial charge in [-0.1, -0.05) is 24.3 Å². The largest absolute Gasteiger partial charge is 0.491 e. The molecule has 21 heavy (non-hydrogen) atoms. The maximum absolute atomic E-state index is 12.2. The molecule has 0 fully saturated rings. The van der Waals surface area contributed by atoms with Gasteiger partial charge in [-0.25, -0.2) is 0 Å². The third-order valence-electron chi connectivity index (χ3n) is 2.76. The number of rotatable bonds is 5. The molecule has 4 nitrogen and oxygen atoms in total. The van der Waals surface area contributed by atoms with Crippen LogP contribution in [0.2, 0.25) is 0 Å². The van der Waals surface area contributed by atoms with Crippen molar-refractivity contribution in [1.82, 2.24) is 0 Å². The highest BCUT2D eigenvalue weighted by molar-refractivity contribution is 7.87. The van der Waals surface area contributed by atoms with Crippen LogP contribution in [0.15, 0.2) is 53.4 Å². The summed E-state index contributed by atoms with van der Waals surface area (Å²) >= 11 is 0. The molecule has 0 unspecified atom stereocenters. The molecule has 0 aromatic heterocycles.